The lowest BCUT2D eigenvalue weighted by Gasteiger charge is -2.21. The quantitative estimate of drug-likeness (QED) is 0.847. The SMILES string of the molecule is CC1CN(S(=O)(=O)Cc2cccc(N)c2)CCCO1. The first-order valence-electron chi connectivity index (χ1n) is 6.41. The summed E-state index contributed by atoms with van der Waals surface area (Å²) in [6.45, 7) is 3.46. The van der Waals surface area contributed by atoms with E-state index in [2.05, 4.69) is 0 Å². The van der Waals surface area contributed by atoms with Crippen molar-refractivity contribution in [2.45, 2.75) is 25.2 Å². The molecule has 1 aliphatic rings. The van der Waals surface area contributed by atoms with Gasteiger partial charge in [0.1, 0.15) is 0 Å². The molecule has 2 rings (SSSR count). The molecule has 1 saturated heterocycles. The molecule has 1 unspecified atom stereocenters. The molecule has 0 radical (unpaired) electrons. The van der Waals surface area contributed by atoms with Gasteiger partial charge in [0.05, 0.1) is 11.9 Å². The molecule has 1 fully saturated rings. The van der Waals surface area contributed by atoms with E-state index in [1.54, 1.807) is 24.3 Å². The van der Waals surface area contributed by atoms with Crippen LogP contribution in [0, 0.1) is 0 Å². The molecule has 0 amide bonds. The normalized spacial score (nSPS) is 22.1. The van der Waals surface area contributed by atoms with Crippen LogP contribution in [0.4, 0.5) is 5.69 Å². The number of nitrogen functional groups attached to an aromatic ring is 1. The molecule has 5 nitrogen and oxygen atoms in total. The van der Waals surface area contributed by atoms with E-state index in [9.17, 15) is 8.42 Å². The summed E-state index contributed by atoms with van der Waals surface area (Å²) in [4.78, 5) is 0. The molecule has 0 aromatic heterocycles. The third-order valence-corrected chi connectivity index (χ3v) is 4.93. The largest absolute Gasteiger partial charge is 0.399 e. The summed E-state index contributed by atoms with van der Waals surface area (Å²) in [7, 11) is -3.31. The van der Waals surface area contributed by atoms with E-state index >= 15 is 0 Å². The summed E-state index contributed by atoms with van der Waals surface area (Å²) >= 11 is 0. The fraction of sp³-hybridized carbons (Fsp3) is 0.538. The van der Waals surface area contributed by atoms with E-state index in [1.165, 1.54) is 4.31 Å². The van der Waals surface area contributed by atoms with Crippen LogP contribution in [0.15, 0.2) is 24.3 Å². The van der Waals surface area contributed by atoms with Gasteiger partial charge in [-0.15, -0.1) is 0 Å². The van der Waals surface area contributed by atoms with E-state index in [-0.39, 0.29) is 11.9 Å². The number of rotatable bonds is 3. The van der Waals surface area contributed by atoms with Crippen molar-refractivity contribution >= 4 is 15.7 Å². The number of ether oxygens (including phenoxy) is 1. The molecule has 0 saturated carbocycles. The van der Waals surface area contributed by atoms with Gasteiger partial charge in [-0.3, -0.25) is 0 Å². The molecule has 2 N–H and O–H groups in total. The first-order chi connectivity index (χ1) is 8.97. The summed E-state index contributed by atoms with van der Waals surface area (Å²) in [6.07, 6.45) is 0.679. The fourth-order valence-electron chi connectivity index (χ4n) is 2.19. The van der Waals surface area contributed by atoms with E-state index < -0.39 is 10.0 Å². The molecule has 6 heteroatoms. The van der Waals surface area contributed by atoms with Crippen molar-refractivity contribution in [3.63, 3.8) is 0 Å². The topological polar surface area (TPSA) is 72.6 Å². The fourth-order valence-corrected chi connectivity index (χ4v) is 3.82. The lowest BCUT2D eigenvalue weighted by atomic mass is 10.2. The van der Waals surface area contributed by atoms with Gasteiger partial charge < -0.3 is 10.5 Å². The molecule has 0 spiro atoms. The Bertz CT molecular complexity index is 530. The van der Waals surface area contributed by atoms with Crippen LogP contribution in [0.1, 0.15) is 18.9 Å². The maximum Gasteiger partial charge on any atom is 0.218 e. The number of nitrogens with two attached hydrogens (primary N) is 1. The van der Waals surface area contributed by atoms with Crippen molar-refractivity contribution in [1.82, 2.24) is 4.31 Å². The lowest BCUT2D eigenvalue weighted by molar-refractivity contribution is 0.0752. The Kier molecular flexibility index (Phi) is 4.44. The Morgan fingerprint density at radius 3 is 3.00 bits per heavy atom. The van der Waals surface area contributed by atoms with Gasteiger partial charge in [0.25, 0.3) is 0 Å². The predicted octanol–water partition coefficient (Wildman–Crippen LogP) is 1.21. The molecule has 19 heavy (non-hydrogen) atoms. The van der Waals surface area contributed by atoms with Crippen LogP contribution in [-0.2, 0) is 20.5 Å². The average Bonchev–Trinajstić information content (AvgIpc) is 2.54. The minimum absolute atomic E-state index is 0.00917. The van der Waals surface area contributed by atoms with Crippen LogP contribution in [0.5, 0.6) is 0 Å². The van der Waals surface area contributed by atoms with Gasteiger partial charge in [0.15, 0.2) is 0 Å². The number of sulfonamides is 1. The number of hydrogen-bond acceptors (Lipinski definition) is 4. The second-order valence-electron chi connectivity index (χ2n) is 4.89. The molecule has 1 heterocycles. The van der Waals surface area contributed by atoms with Crippen molar-refractivity contribution in [2.75, 3.05) is 25.4 Å². The molecule has 0 bridgehead atoms. The van der Waals surface area contributed by atoms with Crippen molar-refractivity contribution in [2.24, 2.45) is 0 Å². The Morgan fingerprint density at radius 1 is 1.47 bits per heavy atom. The zero-order chi connectivity index (χ0) is 13.9. The molecule has 1 aliphatic heterocycles. The van der Waals surface area contributed by atoms with Crippen molar-refractivity contribution in [1.29, 1.82) is 0 Å². The molecule has 1 aromatic rings. The highest BCUT2D eigenvalue weighted by atomic mass is 32.2. The summed E-state index contributed by atoms with van der Waals surface area (Å²) in [5.41, 5.74) is 6.98. The van der Waals surface area contributed by atoms with Crippen LogP contribution in [0.2, 0.25) is 0 Å². The number of benzene rings is 1. The molecule has 1 aromatic carbocycles. The summed E-state index contributed by atoms with van der Waals surface area (Å²) in [5, 5.41) is 0. The Morgan fingerprint density at radius 2 is 2.26 bits per heavy atom. The van der Waals surface area contributed by atoms with Gasteiger partial charge in [-0.1, -0.05) is 12.1 Å². The number of hydrogen-bond donors (Lipinski definition) is 1. The van der Waals surface area contributed by atoms with E-state index in [0.717, 1.165) is 12.0 Å². The number of anilines is 1. The molecule has 106 valence electrons. The minimum Gasteiger partial charge on any atom is -0.399 e. The highest BCUT2D eigenvalue weighted by molar-refractivity contribution is 7.88. The lowest BCUT2D eigenvalue weighted by Crippen LogP contribution is -2.36. The minimum atomic E-state index is -3.31. The Hall–Kier alpha value is -1.11. The predicted molar refractivity (Wildman–Crippen MR) is 75.1 cm³/mol. The highest BCUT2D eigenvalue weighted by Gasteiger charge is 2.26. The molecular formula is C13H20N2O3S. The van der Waals surface area contributed by atoms with Crippen LogP contribution in [0.3, 0.4) is 0 Å². The molecular weight excluding hydrogens is 264 g/mol. The van der Waals surface area contributed by atoms with Crippen molar-refractivity contribution in [3.05, 3.63) is 29.8 Å². The first-order valence-corrected chi connectivity index (χ1v) is 8.02. The number of nitrogens with zero attached hydrogens (tertiary/aromatic N) is 1. The summed E-state index contributed by atoms with van der Waals surface area (Å²) in [5.74, 6) is -0.00917. The van der Waals surface area contributed by atoms with Gasteiger partial charge in [-0.25, -0.2) is 8.42 Å². The van der Waals surface area contributed by atoms with Crippen LogP contribution >= 0.6 is 0 Å². The maximum absolute atomic E-state index is 12.4. The monoisotopic (exact) mass is 284 g/mol. The van der Waals surface area contributed by atoms with E-state index in [1.807, 2.05) is 6.92 Å². The third kappa shape index (κ3) is 3.92. The van der Waals surface area contributed by atoms with Crippen molar-refractivity contribution in [3.8, 4) is 0 Å². The summed E-state index contributed by atoms with van der Waals surface area (Å²) < 4.78 is 31.8. The zero-order valence-corrected chi connectivity index (χ0v) is 11.9. The van der Waals surface area contributed by atoms with Gasteiger partial charge in [-0.2, -0.15) is 4.31 Å². The van der Waals surface area contributed by atoms with Crippen LogP contribution < -0.4 is 5.73 Å². The van der Waals surface area contributed by atoms with Gasteiger partial charge in [-0.05, 0) is 31.0 Å². The van der Waals surface area contributed by atoms with Gasteiger partial charge in [0, 0.05) is 25.4 Å². The second kappa shape index (κ2) is 5.90. The first kappa shape index (κ1) is 14.3. The molecule has 1 atom stereocenters. The highest BCUT2D eigenvalue weighted by Crippen LogP contribution is 2.16. The maximum atomic E-state index is 12.4. The van der Waals surface area contributed by atoms with Crippen molar-refractivity contribution < 1.29 is 13.2 Å². The zero-order valence-electron chi connectivity index (χ0n) is 11.1. The van der Waals surface area contributed by atoms with E-state index in [0.29, 0.717) is 25.4 Å². The van der Waals surface area contributed by atoms with Gasteiger partial charge in [0.2, 0.25) is 10.0 Å². The molecule has 0 aliphatic carbocycles. The average molecular weight is 284 g/mol. The Labute approximate surface area is 114 Å². The second-order valence-corrected chi connectivity index (χ2v) is 6.86. The van der Waals surface area contributed by atoms with Gasteiger partial charge >= 0.3 is 0 Å². The Balaban J connectivity index is 2.13. The van der Waals surface area contributed by atoms with Crippen LogP contribution in [0.25, 0.3) is 0 Å². The van der Waals surface area contributed by atoms with E-state index in [4.69, 9.17) is 10.5 Å². The third-order valence-electron chi connectivity index (χ3n) is 3.11. The van der Waals surface area contributed by atoms with Crippen LogP contribution in [-0.4, -0.2) is 38.5 Å². The smallest absolute Gasteiger partial charge is 0.218 e. The standard InChI is InChI=1S/C13H20N2O3S/c1-11-9-15(6-3-7-18-11)19(16,17)10-12-4-2-5-13(14)8-12/h2,4-5,8,11H,3,6-7,9-10,14H2,1H3. The summed E-state index contributed by atoms with van der Waals surface area (Å²) in [6, 6.07) is 7.01.